The summed E-state index contributed by atoms with van der Waals surface area (Å²) in [7, 11) is 0. The summed E-state index contributed by atoms with van der Waals surface area (Å²) in [5.41, 5.74) is 5.22. The predicted octanol–water partition coefficient (Wildman–Crippen LogP) is 6.05. The van der Waals surface area contributed by atoms with Gasteiger partial charge in [-0.25, -0.2) is 0 Å². The fourth-order valence-corrected chi connectivity index (χ4v) is 3.11. The van der Waals surface area contributed by atoms with Crippen LogP contribution in [0.1, 0.15) is 41.7 Å². The molecule has 3 aromatic rings. The minimum Gasteiger partial charge on any atom is -0.507 e. The van der Waals surface area contributed by atoms with Gasteiger partial charge in [-0.2, -0.15) is 0 Å². The van der Waals surface area contributed by atoms with E-state index in [9.17, 15) is 5.11 Å². The molecule has 0 aliphatic carbocycles. The number of phenolic OH excluding ortho intramolecular Hbond substituents is 1. The van der Waals surface area contributed by atoms with Gasteiger partial charge in [0, 0.05) is 12.8 Å². The molecule has 1 N–H and O–H groups in total. The number of halogens is 1. The number of phenols is 1. The maximum absolute atomic E-state index is 10.9. The van der Waals surface area contributed by atoms with Crippen molar-refractivity contribution >= 4 is 11.6 Å². The zero-order valence-electron chi connectivity index (χ0n) is 14.7. The summed E-state index contributed by atoms with van der Waals surface area (Å²) >= 11 is 6.58. The fourth-order valence-electron chi connectivity index (χ4n) is 3.00. The molecule has 0 bridgehead atoms. The van der Waals surface area contributed by atoms with Gasteiger partial charge in [-0.1, -0.05) is 72.8 Å². The lowest BCUT2D eigenvalue weighted by Gasteiger charge is -2.21. The molecule has 0 atom stereocenters. The van der Waals surface area contributed by atoms with Crippen LogP contribution in [-0.2, 0) is 17.7 Å². The van der Waals surface area contributed by atoms with Crippen molar-refractivity contribution in [3.63, 3.8) is 0 Å². The van der Waals surface area contributed by atoms with E-state index in [1.165, 1.54) is 11.1 Å². The van der Waals surface area contributed by atoms with Crippen LogP contribution in [-0.4, -0.2) is 5.11 Å². The molecule has 0 fully saturated rings. The van der Waals surface area contributed by atoms with Gasteiger partial charge >= 0.3 is 0 Å². The van der Waals surface area contributed by atoms with Crippen molar-refractivity contribution < 1.29 is 5.11 Å². The second-order valence-electron chi connectivity index (χ2n) is 6.94. The standard InChI is InChI=1S/C23H23ClO/c1-23(2,24)21-15-19(13-17-9-5-3-6-10-17)22(25)20(16-21)14-18-11-7-4-8-12-18/h3-12,15-16,25H,13-14H2,1-2H3. The summed E-state index contributed by atoms with van der Waals surface area (Å²) in [6.07, 6.45) is 1.38. The first-order valence-corrected chi connectivity index (χ1v) is 8.93. The molecule has 25 heavy (non-hydrogen) atoms. The Kier molecular flexibility index (Phi) is 5.15. The SMILES string of the molecule is CC(C)(Cl)c1cc(Cc2ccccc2)c(O)c(Cc2ccccc2)c1. The smallest absolute Gasteiger partial charge is 0.122 e. The largest absolute Gasteiger partial charge is 0.507 e. The molecule has 0 radical (unpaired) electrons. The zero-order valence-corrected chi connectivity index (χ0v) is 15.4. The van der Waals surface area contributed by atoms with Gasteiger partial charge < -0.3 is 5.11 Å². The first-order valence-electron chi connectivity index (χ1n) is 8.55. The van der Waals surface area contributed by atoms with Crippen LogP contribution in [0, 0.1) is 0 Å². The summed E-state index contributed by atoms with van der Waals surface area (Å²) < 4.78 is 0. The average molecular weight is 351 g/mol. The highest BCUT2D eigenvalue weighted by atomic mass is 35.5. The van der Waals surface area contributed by atoms with Crippen molar-refractivity contribution in [1.29, 1.82) is 0 Å². The lowest BCUT2D eigenvalue weighted by molar-refractivity contribution is 0.463. The number of rotatable bonds is 5. The Hall–Kier alpha value is -2.25. The molecule has 0 spiro atoms. The van der Waals surface area contributed by atoms with E-state index in [2.05, 4.69) is 24.3 Å². The third-order valence-corrected chi connectivity index (χ3v) is 4.65. The van der Waals surface area contributed by atoms with Gasteiger partial charge in [-0.15, -0.1) is 11.6 Å². The number of benzene rings is 3. The quantitative estimate of drug-likeness (QED) is 0.555. The first-order chi connectivity index (χ1) is 11.9. The van der Waals surface area contributed by atoms with Gasteiger partial charge in [0.05, 0.1) is 4.87 Å². The molecule has 128 valence electrons. The molecule has 3 aromatic carbocycles. The Balaban J connectivity index is 2.03. The topological polar surface area (TPSA) is 20.2 Å². The van der Waals surface area contributed by atoms with Crippen LogP contribution in [0.4, 0.5) is 0 Å². The van der Waals surface area contributed by atoms with Gasteiger partial charge in [0.1, 0.15) is 5.75 Å². The van der Waals surface area contributed by atoms with Crippen molar-refractivity contribution in [1.82, 2.24) is 0 Å². The molecule has 0 aromatic heterocycles. The minimum atomic E-state index is -0.482. The second-order valence-corrected chi connectivity index (χ2v) is 7.89. The number of hydrogen-bond donors (Lipinski definition) is 1. The van der Waals surface area contributed by atoms with E-state index >= 15 is 0 Å². The maximum Gasteiger partial charge on any atom is 0.122 e. The van der Waals surface area contributed by atoms with Crippen molar-refractivity contribution in [2.24, 2.45) is 0 Å². The van der Waals surface area contributed by atoms with Crippen LogP contribution in [0.2, 0.25) is 0 Å². The van der Waals surface area contributed by atoms with Crippen LogP contribution in [0.15, 0.2) is 72.8 Å². The fraction of sp³-hybridized carbons (Fsp3) is 0.217. The second kappa shape index (κ2) is 7.33. The molecule has 0 unspecified atom stereocenters. The number of hydrogen-bond acceptors (Lipinski definition) is 1. The van der Waals surface area contributed by atoms with Crippen LogP contribution in [0.25, 0.3) is 0 Å². The van der Waals surface area contributed by atoms with E-state index in [4.69, 9.17) is 11.6 Å². The molecular weight excluding hydrogens is 328 g/mol. The lowest BCUT2D eigenvalue weighted by atomic mass is 9.91. The molecule has 2 heteroatoms. The molecular formula is C23H23ClO. The van der Waals surface area contributed by atoms with Crippen molar-refractivity contribution in [2.75, 3.05) is 0 Å². The Morgan fingerprint density at radius 2 is 1.16 bits per heavy atom. The first kappa shape index (κ1) is 17.6. The summed E-state index contributed by atoms with van der Waals surface area (Å²) in [5, 5.41) is 10.9. The summed E-state index contributed by atoms with van der Waals surface area (Å²) in [6, 6.07) is 24.5. The van der Waals surface area contributed by atoms with Gasteiger partial charge in [0.25, 0.3) is 0 Å². The monoisotopic (exact) mass is 350 g/mol. The van der Waals surface area contributed by atoms with Crippen molar-refractivity contribution in [3.05, 3.63) is 101 Å². The van der Waals surface area contributed by atoms with E-state index in [0.29, 0.717) is 18.6 Å². The van der Waals surface area contributed by atoms with E-state index in [0.717, 1.165) is 16.7 Å². The Morgan fingerprint density at radius 3 is 1.52 bits per heavy atom. The van der Waals surface area contributed by atoms with Crippen LogP contribution in [0.5, 0.6) is 5.75 Å². The molecule has 0 amide bonds. The lowest BCUT2D eigenvalue weighted by Crippen LogP contribution is -2.09. The van der Waals surface area contributed by atoms with Crippen molar-refractivity contribution in [3.8, 4) is 5.75 Å². The highest BCUT2D eigenvalue weighted by Crippen LogP contribution is 2.35. The number of alkyl halides is 1. The normalized spacial score (nSPS) is 11.5. The number of aromatic hydroxyl groups is 1. The van der Waals surface area contributed by atoms with Crippen molar-refractivity contribution in [2.45, 2.75) is 31.6 Å². The van der Waals surface area contributed by atoms with Crippen LogP contribution < -0.4 is 0 Å². The molecule has 3 rings (SSSR count). The summed E-state index contributed by atoms with van der Waals surface area (Å²) in [5.74, 6) is 0.373. The van der Waals surface area contributed by atoms with Gasteiger partial charge in [-0.3, -0.25) is 0 Å². The van der Waals surface area contributed by atoms with E-state index in [1.807, 2.05) is 62.4 Å². The van der Waals surface area contributed by atoms with Crippen LogP contribution in [0.3, 0.4) is 0 Å². The maximum atomic E-state index is 10.9. The van der Waals surface area contributed by atoms with Crippen LogP contribution >= 0.6 is 11.6 Å². The summed E-state index contributed by atoms with van der Waals surface area (Å²) in [6.45, 7) is 3.97. The van der Waals surface area contributed by atoms with Gasteiger partial charge in [0.2, 0.25) is 0 Å². The van der Waals surface area contributed by atoms with E-state index in [1.54, 1.807) is 0 Å². The third kappa shape index (κ3) is 4.43. The highest BCUT2D eigenvalue weighted by Gasteiger charge is 2.21. The third-order valence-electron chi connectivity index (χ3n) is 4.43. The molecule has 0 aliphatic heterocycles. The Bertz CT molecular complexity index is 770. The molecule has 0 aliphatic rings. The van der Waals surface area contributed by atoms with E-state index in [-0.39, 0.29) is 0 Å². The zero-order chi connectivity index (χ0) is 17.9. The molecule has 0 saturated carbocycles. The molecule has 0 heterocycles. The van der Waals surface area contributed by atoms with Gasteiger partial charge in [-0.05, 0) is 41.7 Å². The van der Waals surface area contributed by atoms with E-state index < -0.39 is 4.87 Å². The Morgan fingerprint density at radius 1 is 0.760 bits per heavy atom. The molecule has 1 nitrogen and oxygen atoms in total. The van der Waals surface area contributed by atoms with Gasteiger partial charge in [0.15, 0.2) is 0 Å². The highest BCUT2D eigenvalue weighted by molar-refractivity contribution is 6.23. The summed E-state index contributed by atoms with van der Waals surface area (Å²) in [4.78, 5) is -0.482. The Labute approximate surface area is 154 Å². The minimum absolute atomic E-state index is 0.373. The molecule has 0 saturated heterocycles. The predicted molar refractivity (Wildman–Crippen MR) is 105 cm³/mol. The average Bonchev–Trinajstić information content (AvgIpc) is 2.59.